The van der Waals surface area contributed by atoms with E-state index in [-0.39, 0.29) is 17.4 Å². The van der Waals surface area contributed by atoms with Crippen LogP contribution in [0.5, 0.6) is 0 Å². The van der Waals surface area contributed by atoms with Gasteiger partial charge >= 0.3 is 6.03 Å². The van der Waals surface area contributed by atoms with E-state index in [1.807, 2.05) is 14.1 Å². The van der Waals surface area contributed by atoms with E-state index < -0.39 is 0 Å². The summed E-state index contributed by atoms with van der Waals surface area (Å²) < 4.78 is 0. The summed E-state index contributed by atoms with van der Waals surface area (Å²) in [5, 5.41) is 2.98. The van der Waals surface area contributed by atoms with Gasteiger partial charge in [0, 0.05) is 41.2 Å². The van der Waals surface area contributed by atoms with Gasteiger partial charge in [0.05, 0.1) is 0 Å². The number of nitrogens with one attached hydrogen (secondary N) is 1. The molecule has 3 amide bonds. The molecule has 0 aromatic carbocycles. The summed E-state index contributed by atoms with van der Waals surface area (Å²) in [6.45, 7) is 5.23. The molecule has 21 heavy (non-hydrogen) atoms. The van der Waals surface area contributed by atoms with Crippen molar-refractivity contribution in [3.05, 3.63) is 0 Å². The Morgan fingerprint density at radius 1 is 1.05 bits per heavy atom. The Kier molecular flexibility index (Phi) is 6.05. The van der Waals surface area contributed by atoms with Crippen molar-refractivity contribution >= 4 is 11.9 Å². The average molecular weight is 297 g/mol. The molecule has 0 aliphatic heterocycles. The minimum Gasteiger partial charge on any atom is -0.349 e. The van der Waals surface area contributed by atoms with Gasteiger partial charge in [-0.1, -0.05) is 13.8 Å². The van der Waals surface area contributed by atoms with Gasteiger partial charge in [0.2, 0.25) is 5.91 Å². The zero-order valence-electron chi connectivity index (χ0n) is 14.4. The maximum atomic E-state index is 11.9. The summed E-state index contributed by atoms with van der Waals surface area (Å²) in [4.78, 5) is 26.8. The van der Waals surface area contributed by atoms with Crippen molar-refractivity contribution in [2.75, 3.05) is 34.7 Å². The van der Waals surface area contributed by atoms with Gasteiger partial charge in [-0.05, 0) is 36.5 Å². The monoisotopic (exact) mass is 297 g/mol. The van der Waals surface area contributed by atoms with Gasteiger partial charge in [0.1, 0.15) is 0 Å². The highest BCUT2D eigenvalue weighted by atomic mass is 16.2. The number of amides is 3. The lowest BCUT2D eigenvalue weighted by Gasteiger charge is -2.40. The average Bonchev–Trinajstić information content (AvgIpc) is 2.33. The molecule has 0 spiro atoms. The Morgan fingerprint density at radius 3 is 2.14 bits per heavy atom. The topological polar surface area (TPSA) is 52.7 Å². The Morgan fingerprint density at radius 2 is 1.62 bits per heavy atom. The van der Waals surface area contributed by atoms with Crippen molar-refractivity contribution in [3.63, 3.8) is 0 Å². The molecule has 1 aliphatic carbocycles. The van der Waals surface area contributed by atoms with Crippen molar-refractivity contribution in [1.29, 1.82) is 0 Å². The zero-order valence-corrected chi connectivity index (χ0v) is 14.4. The van der Waals surface area contributed by atoms with Crippen LogP contribution in [0.4, 0.5) is 4.79 Å². The largest absolute Gasteiger partial charge is 0.349 e. The fourth-order valence-electron chi connectivity index (χ4n) is 3.41. The van der Waals surface area contributed by atoms with E-state index in [1.54, 1.807) is 23.9 Å². The Hall–Kier alpha value is -1.26. The standard InChI is InChI=1S/C16H31N3O2/c1-16(2)9-12(8-14(20)18(3)4)7-13(10-16)11-17-15(21)19(5)6/h12-13H,7-11H2,1-6H3,(H,17,21). The van der Waals surface area contributed by atoms with E-state index in [4.69, 9.17) is 0 Å². The third kappa shape index (κ3) is 5.94. The Bertz CT molecular complexity index is 378. The second-order valence-corrected chi connectivity index (χ2v) is 7.61. The molecule has 0 aromatic rings. The number of carbonyl (C=O) groups is 2. The quantitative estimate of drug-likeness (QED) is 0.864. The van der Waals surface area contributed by atoms with Gasteiger partial charge in [-0.3, -0.25) is 4.79 Å². The van der Waals surface area contributed by atoms with Crippen molar-refractivity contribution < 1.29 is 9.59 Å². The predicted octanol–water partition coefficient (Wildman–Crippen LogP) is 2.18. The molecule has 0 bridgehead atoms. The second kappa shape index (κ2) is 7.14. The maximum absolute atomic E-state index is 11.9. The van der Waals surface area contributed by atoms with Crippen LogP contribution in [0.3, 0.4) is 0 Å². The van der Waals surface area contributed by atoms with Gasteiger partial charge in [0.25, 0.3) is 0 Å². The first-order valence-corrected chi connectivity index (χ1v) is 7.76. The van der Waals surface area contributed by atoms with Crippen LogP contribution >= 0.6 is 0 Å². The first kappa shape index (κ1) is 17.8. The normalized spacial score (nSPS) is 24.3. The van der Waals surface area contributed by atoms with E-state index in [1.165, 1.54) is 0 Å². The summed E-state index contributed by atoms with van der Waals surface area (Å²) in [7, 11) is 7.12. The van der Waals surface area contributed by atoms with Crippen LogP contribution in [-0.4, -0.2) is 56.5 Å². The molecule has 1 saturated carbocycles. The number of carbonyl (C=O) groups excluding carboxylic acids is 2. The van der Waals surface area contributed by atoms with Crippen LogP contribution in [0, 0.1) is 17.3 Å². The molecule has 1 rings (SSSR count). The van der Waals surface area contributed by atoms with Crippen LogP contribution < -0.4 is 5.32 Å². The fraction of sp³-hybridized carbons (Fsp3) is 0.875. The van der Waals surface area contributed by atoms with Gasteiger partial charge in [0.15, 0.2) is 0 Å². The highest BCUT2D eigenvalue weighted by Crippen LogP contribution is 2.42. The van der Waals surface area contributed by atoms with Crippen LogP contribution in [0.25, 0.3) is 0 Å². The molecule has 2 unspecified atom stereocenters. The Balaban J connectivity index is 2.57. The van der Waals surface area contributed by atoms with Crippen molar-refractivity contribution in [2.24, 2.45) is 17.3 Å². The molecule has 5 heteroatoms. The van der Waals surface area contributed by atoms with E-state index in [9.17, 15) is 9.59 Å². The maximum Gasteiger partial charge on any atom is 0.316 e. The molecular weight excluding hydrogens is 266 g/mol. The molecule has 0 heterocycles. The number of rotatable bonds is 4. The van der Waals surface area contributed by atoms with Crippen molar-refractivity contribution in [2.45, 2.75) is 39.5 Å². The first-order valence-electron chi connectivity index (χ1n) is 7.76. The Labute approximate surface area is 129 Å². The highest BCUT2D eigenvalue weighted by molar-refractivity contribution is 5.75. The van der Waals surface area contributed by atoms with Crippen LogP contribution in [0.1, 0.15) is 39.5 Å². The summed E-state index contributed by atoms with van der Waals surface area (Å²) in [5.74, 6) is 1.08. The van der Waals surface area contributed by atoms with Crippen molar-refractivity contribution in [3.8, 4) is 0 Å². The fourth-order valence-corrected chi connectivity index (χ4v) is 3.41. The molecule has 1 fully saturated rings. The SMILES string of the molecule is CN(C)C(=O)CC1CC(CNC(=O)N(C)C)CC(C)(C)C1. The predicted molar refractivity (Wildman–Crippen MR) is 85.0 cm³/mol. The molecule has 0 saturated heterocycles. The van der Waals surface area contributed by atoms with Crippen molar-refractivity contribution in [1.82, 2.24) is 15.1 Å². The molecule has 0 radical (unpaired) electrons. The smallest absolute Gasteiger partial charge is 0.316 e. The van der Waals surface area contributed by atoms with E-state index in [2.05, 4.69) is 19.2 Å². The number of nitrogens with zero attached hydrogens (tertiary/aromatic N) is 2. The van der Waals surface area contributed by atoms with Gasteiger partial charge in [-0.15, -0.1) is 0 Å². The number of hydrogen-bond donors (Lipinski definition) is 1. The van der Waals surface area contributed by atoms with Crippen LogP contribution in [-0.2, 0) is 4.79 Å². The number of urea groups is 1. The summed E-state index contributed by atoms with van der Waals surface area (Å²) in [6, 6.07) is -0.0423. The lowest BCUT2D eigenvalue weighted by atomic mass is 9.66. The van der Waals surface area contributed by atoms with E-state index in [0.717, 1.165) is 19.3 Å². The van der Waals surface area contributed by atoms with E-state index in [0.29, 0.717) is 24.8 Å². The number of hydrogen-bond acceptors (Lipinski definition) is 2. The minimum absolute atomic E-state index is 0.0423. The summed E-state index contributed by atoms with van der Waals surface area (Å²) in [5.41, 5.74) is 0.239. The molecule has 122 valence electrons. The summed E-state index contributed by atoms with van der Waals surface area (Å²) in [6.07, 6.45) is 3.84. The lowest BCUT2D eigenvalue weighted by Crippen LogP contribution is -2.41. The lowest BCUT2D eigenvalue weighted by molar-refractivity contribution is -0.130. The van der Waals surface area contributed by atoms with Crippen LogP contribution in [0.15, 0.2) is 0 Å². The molecule has 1 aliphatic rings. The molecule has 1 N–H and O–H groups in total. The van der Waals surface area contributed by atoms with E-state index >= 15 is 0 Å². The molecule has 0 aromatic heterocycles. The third-order valence-corrected chi connectivity index (χ3v) is 4.26. The first-order chi connectivity index (χ1) is 9.60. The summed E-state index contributed by atoms with van der Waals surface area (Å²) >= 11 is 0. The second-order valence-electron chi connectivity index (χ2n) is 7.61. The van der Waals surface area contributed by atoms with Gasteiger partial charge in [-0.25, -0.2) is 4.79 Å². The third-order valence-electron chi connectivity index (χ3n) is 4.26. The molecule has 2 atom stereocenters. The zero-order chi connectivity index (χ0) is 16.2. The highest BCUT2D eigenvalue weighted by Gasteiger charge is 2.35. The molecular formula is C16H31N3O2. The van der Waals surface area contributed by atoms with Crippen LogP contribution in [0.2, 0.25) is 0 Å². The molecule has 5 nitrogen and oxygen atoms in total. The van der Waals surface area contributed by atoms with Gasteiger partial charge in [-0.2, -0.15) is 0 Å². The van der Waals surface area contributed by atoms with Gasteiger partial charge < -0.3 is 15.1 Å². The minimum atomic E-state index is -0.0423.